The molecule has 0 unspecified atom stereocenters. The number of benzene rings is 2. The zero-order chi connectivity index (χ0) is 22.8. The van der Waals surface area contributed by atoms with E-state index in [9.17, 15) is 9.18 Å². The van der Waals surface area contributed by atoms with Crippen LogP contribution in [0.15, 0.2) is 60.7 Å². The molecule has 4 aromatic rings. The lowest BCUT2D eigenvalue weighted by Crippen LogP contribution is -2.44. The van der Waals surface area contributed by atoms with Gasteiger partial charge in [0.05, 0.1) is 24.4 Å². The van der Waals surface area contributed by atoms with Gasteiger partial charge in [-0.05, 0) is 60.9 Å². The molecule has 0 bridgehead atoms. The molecule has 33 heavy (non-hydrogen) atoms. The van der Waals surface area contributed by atoms with Gasteiger partial charge in [0.15, 0.2) is 0 Å². The molecule has 1 fully saturated rings. The number of hydrogen-bond acceptors (Lipinski definition) is 5. The third-order valence-electron chi connectivity index (χ3n) is 5.81. The van der Waals surface area contributed by atoms with Gasteiger partial charge in [-0.1, -0.05) is 29.5 Å². The Bertz CT molecular complexity index is 1290. The number of amides is 1. The molecule has 0 radical (unpaired) electrons. The lowest BCUT2D eigenvalue weighted by molar-refractivity contribution is -0.140. The van der Waals surface area contributed by atoms with Crippen molar-refractivity contribution in [3.05, 3.63) is 89.0 Å². The number of nitrogens with zero attached hydrogens (tertiary/aromatic N) is 5. The fourth-order valence-electron chi connectivity index (χ4n) is 4.19. The van der Waals surface area contributed by atoms with E-state index in [1.165, 1.54) is 12.1 Å². The van der Waals surface area contributed by atoms with Gasteiger partial charge in [-0.15, -0.1) is 5.10 Å². The number of halogens is 1. The van der Waals surface area contributed by atoms with Crippen LogP contribution in [0.1, 0.15) is 28.6 Å². The van der Waals surface area contributed by atoms with Crippen LogP contribution in [0.4, 0.5) is 4.39 Å². The Morgan fingerprint density at radius 3 is 2.79 bits per heavy atom. The average Bonchev–Trinajstić information content (AvgIpc) is 3.23. The third kappa shape index (κ3) is 4.75. The Kier molecular flexibility index (Phi) is 5.83. The molecule has 3 heterocycles. The third-order valence-corrected chi connectivity index (χ3v) is 5.81. The van der Waals surface area contributed by atoms with Crippen LogP contribution in [0.25, 0.3) is 11.0 Å². The van der Waals surface area contributed by atoms with E-state index in [0.717, 1.165) is 33.5 Å². The second kappa shape index (κ2) is 9.07. The lowest BCUT2D eigenvalue weighted by Gasteiger charge is -2.33. The summed E-state index contributed by atoms with van der Waals surface area (Å²) in [6, 6.07) is 18.1. The maximum absolute atomic E-state index is 13.2. The van der Waals surface area contributed by atoms with Crippen molar-refractivity contribution in [3.8, 4) is 0 Å². The summed E-state index contributed by atoms with van der Waals surface area (Å²) < 4.78 is 20.8. The number of carbonyl (C=O) groups excluding carboxylic acids is 1. The molecule has 0 spiro atoms. The number of ether oxygens (including phenoxy) is 1. The molecule has 168 valence electrons. The van der Waals surface area contributed by atoms with E-state index >= 15 is 0 Å². The molecule has 7 nitrogen and oxygen atoms in total. The van der Waals surface area contributed by atoms with Gasteiger partial charge in [0.1, 0.15) is 24.0 Å². The fraction of sp³-hybridized carbons (Fsp3) is 0.280. The Morgan fingerprint density at radius 1 is 1.12 bits per heavy atom. The Hall–Kier alpha value is -3.65. The molecule has 1 saturated heterocycles. The summed E-state index contributed by atoms with van der Waals surface area (Å²) in [5.74, 6) is -0.275. The van der Waals surface area contributed by atoms with Crippen LogP contribution < -0.4 is 0 Å². The summed E-state index contributed by atoms with van der Waals surface area (Å²) in [6.45, 7) is 3.47. The van der Waals surface area contributed by atoms with Crippen molar-refractivity contribution in [2.75, 3.05) is 19.7 Å². The zero-order valence-corrected chi connectivity index (χ0v) is 18.3. The van der Waals surface area contributed by atoms with Crippen molar-refractivity contribution in [2.45, 2.75) is 26.0 Å². The first-order valence-electron chi connectivity index (χ1n) is 10.9. The maximum Gasteiger partial charge on any atom is 0.244 e. The first kappa shape index (κ1) is 21.2. The molecule has 0 aliphatic carbocycles. The Balaban J connectivity index is 1.30. The SMILES string of the molecule is Cc1cc(Cc2ccc(F)cc2)cc([C@@H]2CN(C(=O)Cn3nnc4ccccc43)CCO2)n1. The minimum absolute atomic E-state index is 0.0295. The second-order valence-corrected chi connectivity index (χ2v) is 8.28. The quantitative estimate of drug-likeness (QED) is 0.470. The van der Waals surface area contributed by atoms with E-state index in [4.69, 9.17) is 4.74 Å². The summed E-state index contributed by atoms with van der Waals surface area (Å²) in [6.07, 6.45) is 0.368. The minimum atomic E-state index is -0.304. The van der Waals surface area contributed by atoms with Gasteiger partial charge in [0.25, 0.3) is 0 Å². The van der Waals surface area contributed by atoms with Gasteiger partial charge in [0.2, 0.25) is 5.91 Å². The standard InChI is InChI=1S/C25H24FN5O2/c1-17-12-19(13-18-6-8-20(26)9-7-18)14-22(27-17)24-15-30(10-11-33-24)25(32)16-31-23-5-3-2-4-21(23)28-29-31/h2-9,12,14,24H,10-11,13,15-16H2,1H3/t24-/m0/s1. The van der Waals surface area contributed by atoms with Crippen molar-refractivity contribution in [1.82, 2.24) is 24.9 Å². The zero-order valence-electron chi connectivity index (χ0n) is 18.3. The van der Waals surface area contributed by atoms with Crippen molar-refractivity contribution in [2.24, 2.45) is 0 Å². The highest BCUT2D eigenvalue weighted by molar-refractivity contribution is 5.80. The number of aromatic nitrogens is 4. The predicted molar refractivity (Wildman–Crippen MR) is 121 cm³/mol. The number of rotatable bonds is 5. The lowest BCUT2D eigenvalue weighted by atomic mass is 10.0. The van der Waals surface area contributed by atoms with Gasteiger partial charge in [-0.25, -0.2) is 9.07 Å². The minimum Gasteiger partial charge on any atom is -0.368 e. The molecule has 2 aromatic carbocycles. The van der Waals surface area contributed by atoms with Crippen LogP contribution in [0.3, 0.4) is 0 Å². The van der Waals surface area contributed by atoms with Gasteiger partial charge < -0.3 is 9.64 Å². The topological polar surface area (TPSA) is 73.1 Å². The highest BCUT2D eigenvalue weighted by atomic mass is 19.1. The summed E-state index contributed by atoms with van der Waals surface area (Å²) >= 11 is 0. The molecule has 8 heteroatoms. The first-order valence-corrected chi connectivity index (χ1v) is 10.9. The largest absolute Gasteiger partial charge is 0.368 e. The Labute approximate surface area is 190 Å². The fourth-order valence-corrected chi connectivity index (χ4v) is 4.19. The molecule has 1 aliphatic rings. The molecular formula is C25H24FN5O2. The van der Waals surface area contributed by atoms with Crippen LogP contribution in [-0.2, 0) is 22.5 Å². The summed E-state index contributed by atoms with van der Waals surface area (Å²) in [5.41, 5.74) is 5.38. The Morgan fingerprint density at radius 2 is 1.94 bits per heavy atom. The molecule has 1 amide bonds. The highest BCUT2D eigenvalue weighted by Gasteiger charge is 2.27. The van der Waals surface area contributed by atoms with Crippen LogP contribution in [0.2, 0.25) is 0 Å². The van der Waals surface area contributed by atoms with Gasteiger partial charge in [-0.2, -0.15) is 0 Å². The maximum atomic E-state index is 13.2. The van der Waals surface area contributed by atoms with Crippen LogP contribution >= 0.6 is 0 Å². The smallest absolute Gasteiger partial charge is 0.244 e. The number of hydrogen-bond donors (Lipinski definition) is 0. The molecule has 1 aliphatic heterocycles. The van der Waals surface area contributed by atoms with E-state index in [1.807, 2.05) is 43.3 Å². The monoisotopic (exact) mass is 445 g/mol. The van der Waals surface area contributed by atoms with Crippen LogP contribution in [0.5, 0.6) is 0 Å². The summed E-state index contributed by atoms with van der Waals surface area (Å²) in [4.78, 5) is 19.5. The molecule has 0 saturated carbocycles. The number of carbonyl (C=O) groups is 1. The summed E-state index contributed by atoms with van der Waals surface area (Å²) in [5, 5.41) is 8.25. The van der Waals surface area contributed by atoms with Gasteiger partial charge >= 0.3 is 0 Å². The average molecular weight is 445 g/mol. The van der Waals surface area contributed by atoms with E-state index in [0.29, 0.717) is 26.1 Å². The molecule has 2 aromatic heterocycles. The van der Waals surface area contributed by atoms with Crippen molar-refractivity contribution in [3.63, 3.8) is 0 Å². The molecule has 0 N–H and O–H groups in total. The molecular weight excluding hydrogens is 421 g/mol. The highest BCUT2D eigenvalue weighted by Crippen LogP contribution is 2.24. The van der Waals surface area contributed by atoms with E-state index in [2.05, 4.69) is 15.3 Å². The predicted octanol–water partition coefficient (Wildman–Crippen LogP) is 3.46. The number of para-hydroxylation sites is 1. The molecule has 5 rings (SSSR count). The van der Waals surface area contributed by atoms with Gasteiger partial charge in [-0.3, -0.25) is 9.78 Å². The van der Waals surface area contributed by atoms with Crippen molar-refractivity contribution in [1.29, 1.82) is 0 Å². The van der Waals surface area contributed by atoms with Crippen LogP contribution in [0, 0.1) is 12.7 Å². The normalized spacial score (nSPS) is 16.3. The van der Waals surface area contributed by atoms with Crippen molar-refractivity contribution < 1.29 is 13.9 Å². The van der Waals surface area contributed by atoms with E-state index < -0.39 is 0 Å². The number of pyridine rings is 1. The molecule has 1 atom stereocenters. The van der Waals surface area contributed by atoms with E-state index in [-0.39, 0.29) is 24.4 Å². The van der Waals surface area contributed by atoms with Crippen LogP contribution in [-0.4, -0.2) is 50.5 Å². The van der Waals surface area contributed by atoms with Gasteiger partial charge in [0, 0.05) is 12.2 Å². The number of aryl methyl sites for hydroxylation is 1. The second-order valence-electron chi connectivity index (χ2n) is 8.28. The van der Waals surface area contributed by atoms with E-state index in [1.54, 1.807) is 21.7 Å². The first-order chi connectivity index (χ1) is 16.0. The summed E-state index contributed by atoms with van der Waals surface area (Å²) in [7, 11) is 0. The number of morpholine rings is 1. The van der Waals surface area contributed by atoms with Crippen molar-refractivity contribution >= 4 is 16.9 Å². The number of fused-ring (bicyclic) bond motifs is 1.